The van der Waals surface area contributed by atoms with Crippen LogP contribution in [0.5, 0.6) is 0 Å². The molecule has 0 unspecified atom stereocenters. The Kier molecular flexibility index (Phi) is 5.25. The molecule has 0 spiro atoms. The number of hydrogen-bond donors (Lipinski definition) is 1. The van der Waals surface area contributed by atoms with Gasteiger partial charge in [-0.25, -0.2) is 9.97 Å². The predicted molar refractivity (Wildman–Crippen MR) is 80.0 cm³/mol. The summed E-state index contributed by atoms with van der Waals surface area (Å²) in [6, 6.07) is 9.55. The summed E-state index contributed by atoms with van der Waals surface area (Å²) >= 11 is 6.00. The minimum atomic E-state index is -0.316. The molecule has 0 aliphatic rings. The molecule has 0 atom stereocenters. The standard InChI is InChI=1S/C15H16ClN3O2/c1-11-17-9-13(16)14(18-11)15(21)19(7-8-20)10-12-5-3-2-4-6-12/h2-6,9,20H,7-8,10H2,1H3. The number of aliphatic hydroxyl groups is 1. The zero-order chi connectivity index (χ0) is 15.2. The topological polar surface area (TPSA) is 66.3 Å². The van der Waals surface area contributed by atoms with Gasteiger partial charge in [-0.3, -0.25) is 4.79 Å². The van der Waals surface area contributed by atoms with Crippen LogP contribution in [0.1, 0.15) is 21.9 Å². The first-order chi connectivity index (χ1) is 10.1. The molecule has 0 saturated heterocycles. The number of aryl methyl sites for hydroxylation is 1. The number of benzene rings is 1. The molecule has 0 bridgehead atoms. The van der Waals surface area contributed by atoms with Gasteiger partial charge in [0.2, 0.25) is 0 Å². The third-order valence-corrected chi connectivity index (χ3v) is 3.22. The maximum atomic E-state index is 12.6. The summed E-state index contributed by atoms with van der Waals surface area (Å²) < 4.78 is 0. The Morgan fingerprint density at radius 3 is 2.71 bits per heavy atom. The van der Waals surface area contributed by atoms with Crippen LogP contribution < -0.4 is 0 Å². The molecule has 1 aromatic carbocycles. The highest BCUT2D eigenvalue weighted by Crippen LogP contribution is 2.16. The van der Waals surface area contributed by atoms with Gasteiger partial charge < -0.3 is 10.0 Å². The highest BCUT2D eigenvalue weighted by atomic mass is 35.5. The smallest absolute Gasteiger partial charge is 0.274 e. The number of nitrogens with zero attached hydrogens (tertiary/aromatic N) is 3. The van der Waals surface area contributed by atoms with Crippen molar-refractivity contribution in [3.8, 4) is 0 Å². The summed E-state index contributed by atoms with van der Waals surface area (Å²) in [4.78, 5) is 22.1. The minimum absolute atomic E-state index is 0.125. The Balaban J connectivity index is 2.25. The Morgan fingerprint density at radius 1 is 1.33 bits per heavy atom. The summed E-state index contributed by atoms with van der Waals surface area (Å²) in [7, 11) is 0. The third kappa shape index (κ3) is 4.00. The van der Waals surface area contributed by atoms with Gasteiger partial charge >= 0.3 is 0 Å². The van der Waals surface area contributed by atoms with E-state index in [9.17, 15) is 9.90 Å². The molecule has 0 radical (unpaired) electrons. The lowest BCUT2D eigenvalue weighted by Gasteiger charge is -2.22. The zero-order valence-corrected chi connectivity index (χ0v) is 12.4. The molecule has 1 heterocycles. The van der Waals surface area contributed by atoms with Gasteiger partial charge in [-0.15, -0.1) is 0 Å². The van der Waals surface area contributed by atoms with E-state index in [4.69, 9.17) is 11.6 Å². The predicted octanol–water partition coefficient (Wildman–Crippen LogP) is 2.07. The van der Waals surface area contributed by atoms with E-state index in [0.717, 1.165) is 5.56 Å². The van der Waals surface area contributed by atoms with E-state index < -0.39 is 0 Å². The number of aliphatic hydroxyl groups excluding tert-OH is 1. The Hall–Kier alpha value is -1.98. The second-order valence-electron chi connectivity index (χ2n) is 4.55. The van der Waals surface area contributed by atoms with Crippen LogP contribution in [0.2, 0.25) is 5.02 Å². The van der Waals surface area contributed by atoms with E-state index in [1.807, 2.05) is 30.3 Å². The van der Waals surface area contributed by atoms with Gasteiger partial charge in [0.1, 0.15) is 5.82 Å². The Bertz CT molecular complexity index is 620. The first kappa shape index (κ1) is 15.4. The van der Waals surface area contributed by atoms with Gasteiger partial charge in [-0.1, -0.05) is 41.9 Å². The zero-order valence-electron chi connectivity index (χ0n) is 11.7. The van der Waals surface area contributed by atoms with Crippen molar-refractivity contribution >= 4 is 17.5 Å². The molecule has 0 aliphatic carbocycles. The van der Waals surface area contributed by atoms with E-state index in [1.165, 1.54) is 11.1 Å². The molecule has 1 N–H and O–H groups in total. The van der Waals surface area contributed by atoms with Crippen molar-refractivity contribution in [3.63, 3.8) is 0 Å². The average Bonchev–Trinajstić information content (AvgIpc) is 2.49. The maximum absolute atomic E-state index is 12.6. The van der Waals surface area contributed by atoms with Gasteiger partial charge in [0, 0.05) is 13.1 Å². The van der Waals surface area contributed by atoms with Crippen LogP contribution in [0.4, 0.5) is 0 Å². The molecule has 6 heteroatoms. The molecule has 0 aliphatic heterocycles. The van der Waals surface area contributed by atoms with E-state index in [0.29, 0.717) is 12.4 Å². The largest absolute Gasteiger partial charge is 0.395 e. The highest BCUT2D eigenvalue weighted by molar-refractivity contribution is 6.33. The van der Waals surface area contributed by atoms with Crippen LogP contribution in [-0.2, 0) is 6.54 Å². The molecular weight excluding hydrogens is 290 g/mol. The molecular formula is C15H16ClN3O2. The van der Waals surface area contributed by atoms with Crippen LogP contribution in [0.3, 0.4) is 0 Å². The van der Waals surface area contributed by atoms with E-state index >= 15 is 0 Å². The lowest BCUT2D eigenvalue weighted by Crippen LogP contribution is -2.34. The second-order valence-corrected chi connectivity index (χ2v) is 4.96. The number of carbonyl (C=O) groups excluding carboxylic acids is 1. The molecule has 5 nitrogen and oxygen atoms in total. The summed E-state index contributed by atoms with van der Waals surface area (Å²) in [5.74, 6) is 0.162. The first-order valence-electron chi connectivity index (χ1n) is 6.55. The SMILES string of the molecule is Cc1ncc(Cl)c(C(=O)N(CCO)Cc2ccccc2)n1. The number of hydrogen-bond acceptors (Lipinski definition) is 4. The van der Waals surface area contributed by atoms with Gasteiger partial charge in [0.05, 0.1) is 17.8 Å². The summed E-state index contributed by atoms with van der Waals surface area (Å²) in [5, 5.41) is 9.38. The normalized spacial score (nSPS) is 10.4. The molecule has 110 valence electrons. The fraction of sp³-hybridized carbons (Fsp3) is 0.267. The quantitative estimate of drug-likeness (QED) is 0.918. The van der Waals surface area contributed by atoms with Gasteiger partial charge in [-0.2, -0.15) is 0 Å². The number of carbonyl (C=O) groups is 1. The van der Waals surface area contributed by atoms with E-state index in [1.54, 1.807) is 6.92 Å². The first-order valence-corrected chi connectivity index (χ1v) is 6.93. The molecule has 2 aromatic rings. The highest BCUT2D eigenvalue weighted by Gasteiger charge is 2.20. The lowest BCUT2D eigenvalue weighted by molar-refractivity contribution is 0.0701. The molecule has 0 fully saturated rings. The summed E-state index contributed by atoms with van der Waals surface area (Å²) in [6.07, 6.45) is 1.41. The van der Waals surface area contributed by atoms with E-state index in [2.05, 4.69) is 9.97 Å². The number of amides is 1. The minimum Gasteiger partial charge on any atom is -0.395 e. The van der Waals surface area contributed by atoms with Gasteiger partial charge in [0.25, 0.3) is 5.91 Å². The second kappa shape index (κ2) is 7.15. The Labute approximate surface area is 128 Å². The van der Waals surface area contributed by atoms with Crippen LogP contribution in [0, 0.1) is 6.92 Å². The monoisotopic (exact) mass is 305 g/mol. The number of aromatic nitrogens is 2. The van der Waals surface area contributed by atoms with Crippen molar-refractivity contribution in [1.29, 1.82) is 0 Å². The fourth-order valence-corrected chi connectivity index (χ4v) is 2.10. The average molecular weight is 306 g/mol. The molecule has 0 saturated carbocycles. The summed E-state index contributed by atoms with van der Waals surface area (Å²) in [6.45, 7) is 2.17. The van der Waals surface area contributed by atoms with Gasteiger partial charge in [0.15, 0.2) is 5.69 Å². The van der Waals surface area contributed by atoms with Crippen LogP contribution in [0.25, 0.3) is 0 Å². The molecule has 1 amide bonds. The van der Waals surface area contributed by atoms with Crippen molar-refractivity contribution in [2.45, 2.75) is 13.5 Å². The Morgan fingerprint density at radius 2 is 2.05 bits per heavy atom. The van der Waals surface area contributed by atoms with Crippen LogP contribution in [-0.4, -0.2) is 39.0 Å². The number of halogens is 1. The van der Waals surface area contributed by atoms with Gasteiger partial charge in [-0.05, 0) is 12.5 Å². The molecule has 2 rings (SSSR count). The van der Waals surface area contributed by atoms with Crippen molar-refractivity contribution in [3.05, 3.63) is 58.6 Å². The lowest BCUT2D eigenvalue weighted by atomic mass is 10.2. The van der Waals surface area contributed by atoms with Crippen molar-refractivity contribution in [2.24, 2.45) is 0 Å². The fourth-order valence-electron chi connectivity index (χ4n) is 1.93. The molecule has 21 heavy (non-hydrogen) atoms. The molecule has 1 aromatic heterocycles. The summed E-state index contributed by atoms with van der Waals surface area (Å²) in [5.41, 5.74) is 1.13. The van der Waals surface area contributed by atoms with Crippen molar-refractivity contribution in [1.82, 2.24) is 14.9 Å². The van der Waals surface area contributed by atoms with Crippen LogP contribution in [0.15, 0.2) is 36.5 Å². The number of rotatable bonds is 5. The third-order valence-electron chi connectivity index (χ3n) is 2.94. The van der Waals surface area contributed by atoms with Crippen LogP contribution >= 0.6 is 11.6 Å². The van der Waals surface area contributed by atoms with E-state index in [-0.39, 0.29) is 29.8 Å². The maximum Gasteiger partial charge on any atom is 0.274 e. The van der Waals surface area contributed by atoms with Crippen molar-refractivity contribution < 1.29 is 9.90 Å². The van der Waals surface area contributed by atoms with Crippen molar-refractivity contribution in [2.75, 3.05) is 13.2 Å².